The molecule has 120 valence electrons. The molecule has 1 amide bonds. The number of hydrogen-bond donors (Lipinski definition) is 1. The molecule has 1 rings (SSSR count). The number of nitrogens with one attached hydrogen (secondary N) is 1. The summed E-state index contributed by atoms with van der Waals surface area (Å²) in [6.07, 6.45) is 1.76. The summed E-state index contributed by atoms with van der Waals surface area (Å²) in [4.78, 5) is 25.3. The van der Waals surface area contributed by atoms with Gasteiger partial charge in [0, 0.05) is 26.2 Å². The Morgan fingerprint density at radius 1 is 1.27 bits per heavy atom. The van der Waals surface area contributed by atoms with Crippen molar-refractivity contribution in [2.75, 3.05) is 25.6 Å². The van der Waals surface area contributed by atoms with Crippen LogP contribution in [-0.4, -0.2) is 38.1 Å². The molecule has 0 aliphatic rings. The predicted molar refractivity (Wildman–Crippen MR) is 87.9 cm³/mol. The molecule has 1 aromatic rings. The molecule has 0 atom stereocenters. The second-order valence-electron chi connectivity index (χ2n) is 5.77. The van der Waals surface area contributed by atoms with Crippen LogP contribution < -0.4 is 10.2 Å². The fourth-order valence-corrected chi connectivity index (χ4v) is 1.81. The number of benzene rings is 1. The zero-order valence-corrected chi connectivity index (χ0v) is 13.7. The highest BCUT2D eigenvalue weighted by atomic mass is 16.5. The summed E-state index contributed by atoms with van der Waals surface area (Å²) in [5.41, 5.74) is 1.14. The second kappa shape index (κ2) is 7.64. The zero-order chi connectivity index (χ0) is 16.8. The SMILES string of the molecule is C=CC(=O)NC(C)(C)C(=O)OCCc1ccc(N(C)C)cc1. The van der Waals surface area contributed by atoms with Crippen LogP contribution in [0, 0.1) is 0 Å². The molecule has 0 aromatic heterocycles. The quantitative estimate of drug-likeness (QED) is 0.617. The summed E-state index contributed by atoms with van der Waals surface area (Å²) in [6.45, 7) is 6.83. The van der Waals surface area contributed by atoms with E-state index in [-0.39, 0.29) is 6.61 Å². The fraction of sp³-hybridized carbons (Fsp3) is 0.412. The highest BCUT2D eigenvalue weighted by Crippen LogP contribution is 2.13. The Labute approximate surface area is 132 Å². The van der Waals surface area contributed by atoms with Crippen LogP contribution in [0.3, 0.4) is 0 Å². The Bertz CT molecular complexity index is 533. The molecule has 1 N–H and O–H groups in total. The standard InChI is InChI=1S/C17H24N2O3/c1-6-15(20)18-17(2,3)16(21)22-12-11-13-7-9-14(10-8-13)19(4)5/h6-10H,1,11-12H2,2-5H3,(H,18,20). The van der Waals surface area contributed by atoms with E-state index in [1.807, 2.05) is 43.3 Å². The van der Waals surface area contributed by atoms with E-state index >= 15 is 0 Å². The van der Waals surface area contributed by atoms with Gasteiger partial charge in [-0.05, 0) is 37.6 Å². The van der Waals surface area contributed by atoms with Gasteiger partial charge in [0.25, 0.3) is 0 Å². The minimum Gasteiger partial charge on any atom is -0.464 e. The molecule has 0 saturated carbocycles. The number of rotatable bonds is 7. The molecule has 0 saturated heterocycles. The molecule has 0 heterocycles. The number of anilines is 1. The largest absolute Gasteiger partial charge is 0.464 e. The maximum absolute atomic E-state index is 12.0. The summed E-state index contributed by atoms with van der Waals surface area (Å²) in [5.74, 6) is -0.867. The van der Waals surface area contributed by atoms with Crippen LogP contribution in [0.15, 0.2) is 36.9 Å². The van der Waals surface area contributed by atoms with Crippen molar-refractivity contribution in [3.63, 3.8) is 0 Å². The van der Waals surface area contributed by atoms with E-state index < -0.39 is 17.4 Å². The van der Waals surface area contributed by atoms with Crippen molar-refractivity contribution in [3.8, 4) is 0 Å². The number of amides is 1. The summed E-state index contributed by atoms with van der Waals surface area (Å²) in [5, 5.41) is 2.54. The third kappa shape index (κ3) is 5.24. The summed E-state index contributed by atoms with van der Waals surface area (Å²) < 4.78 is 5.24. The van der Waals surface area contributed by atoms with Crippen LogP contribution in [0.25, 0.3) is 0 Å². The van der Waals surface area contributed by atoms with Gasteiger partial charge in [-0.2, -0.15) is 0 Å². The van der Waals surface area contributed by atoms with E-state index in [1.165, 1.54) is 0 Å². The normalized spacial score (nSPS) is 10.7. The van der Waals surface area contributed by atoms with E-state index in [0.29, 0.717) is 6.42 Å². The number of carbonyl (C=O) groups is 2. The van der Waals surface area contributed by atoms with Crippen molar-refractivity contribution in [3.05, 3.63) is 42.5 Å². The van der Waals surface area contributed by atoms with Crippen molar-refractivity contribution in [2.24, 2.45) is 0 Å². The highest BCUT2D eigenvalue weighted by Gasteiger charge is 2.30. The molecule has 0 aliphatic carbocycles. The molecular formula is C17H24N2O3. The molecule has 5 heteroatoms. The average Bonchev–Trinajstić information content (AvgIpc) is 2.47. The zero-order valence-electron chi connectivity index (χ0n) is 13.7. The molecule has 0 bridgehead atoms. The second-order valence-corrected chi connectivity index (χ2v) is 5.77. The molecule has 0 spiro atoms. The van der Waals surface area contributed by atoms with E-state index in [0.717, 1.165) is 17.3 Å². The van der Waals surface area contributed by atoms with E-state index in [1.54, 1.807) is 13.8 Å². The lowest BCUT2D eigenvalue weighted by molar-refractivity contribution is -0.151. The number of carbonyl (C=O) groups excluding carboxylic acids is 2. The van der Waals surface area contributed by atoms with Crippen molar-refractivity contribution in [1.82, 2.24) is 5.32 Å². The van der Waals surface area contributed by atoms with Gasteiger partial charge in [0.2, 0.25) is 5.91 Å². The number of nitrogens with zero attached hydrogens (tertiary/aromatic N) is 1. The van der Waals surface area contributed by atoms with Crippen molar-refractivity contribution < 1.29 is 14.3 Å². The van der Waals surface area contributed by atoms with Crippen molar-refractivity contribution >= 4 is 17.6 Å². The summed E-state index contributed by atoms with van der Waals surface area (Å²) >= 11 is 0. The van der Waals surface area contributed by atoms with Crippen molar-refractivity contribution in [2.45, 2.75) is 25.8 Å². The molecule has 0 unspecified atom stereocenters. The molecular weight excluding hydrogens is 280 g/mol. The Kier molecular flexibility index (Phi) is 6.16. The molecule has 1 aromatic carbocycles. The van der Waals surface area contributed by atoms with Gasteiger partial charge >= 0.3 is 5.97 Å². The molecule has 0 aliphatic heterocycles. The Morgan fingerprint density at radius 2 is 1.86 bits per heavy atom. The van der Waals surface area contributed by atoms with Crippen molar-refractivity contribution in [1.29, 1.82) is 0 Å². The maximum atomic E-state index is 12.0. The monoisotopic (exact) mass is 304 g/mol. The smallest absolute Gasteiger partial charge is 0.331 e. The maximum Gasteiger partial charge on any atom is 0.331 e. The Hall–Kier alpha value is -2.30. The summed E-state index contributed by atoms with van der Waals surface area (Å²) in [6, 6.07) is 8.05. The van der Waals surface area contributed by atoms with Gasteiger partial charge in [0.15, 0.2) is 0 Å². The first-order chi connectivity index (χ1) is 10.3. The Morgan fingerprint density at radius 3 is 2.36 bits per heavy atom. The van der Waals surface area contributed by atoms with E-state index in [9.17, 15) is 9.59 Å². The van der Waals surface area contributed by atoms with E-state index in [2.05, 4.69) is 11.9 Å². The minimum absolute atomic E-state index is 0.271. The van der Waals surface area contributed by atoms with Gasteiger partial charge in [0.1, 0.15) is 5.54 Å². The van der Waals surface area contributed by atoms with Gasteiger partial charge in [-0.15, -0.1) is 0 Å². The Balaban J connectivity index is 2.47. The lowest BCUT2D eigenvalue weighted by atomic mass is 10.1. The first-order valence-corrected chi connectivity index (χ1v) is 7.14. The lowest BCUT2D eigenvalue weighted by Gasteiger charge is -2.23. The first kappa shape index (κ1) is 17.8. The topological polar surface area (TPSA) is 58.6 Å². The van der Waals surface area contributed by atoms with Crippen LogP contribution in [-0.2, 0) is 20.7 Å². The first-order valence-electron chi connectivity index (χ1n) is 7.14. The van der Waals surface area contributed by atoms with Crippen LogP contribution in [0.1, 0.15) is 19.4 Å². The van der Waals surface area contributed by atoms with Gasteiger partial charge in [-0.25, -0.2) is 4.79 Å². The van der Waals surface area contributed by atoms with Crippen LogP contribution in [0.5, 0.6) is 0 Å². The van der Waals surface area contributed by atoms with Crippen LogP contribution in [0.2, 0.25) is 0 Å². The molecule has 0 radical (unpaired) electrons. The van der Waals surface area contributed by atoms with Gasteiger partial charge in [0.05, 0.1) is 6.61 Å². The van der Waals surface area contributed by atoms with Gasteiger partial charge in [-0.3, -0.25) is 4.79 Å². The summed E-state index contributed by atoms with van der Waals surface area (Å²) in [7, 11) is 3.97. The fourth-order valence-electron chi connectivity index (χ4n) is 1.81. The number of esters is 1. The molecule has 22 heavy (non-hydrogen) atoms. The number of ether oxygens (including phenoxy) is 1. The molecule has 0 fully saturated rings. The van der Waals surface area contributed by atoms with Gasteiger partial charge < -0.3 is 15.0 Å². The van der Waals surface area contributed by atoms with E-state index in [4.69, 9.17) is 4.74 Å². The highest BCUT2D eigenvalue weighted by molar-refractivity contribution is 5.92. The van der Waals surface area contributed by atoms with Gasteiger partial charge in [-0.1, -0.05) is 18.7 Å². The van der Waals surface area contributed by atoms with Crippen LogP contribution in [0.4, 0.5) is 5.69 Å². The third-order valence-corrected chi connectivity index (χ3v) is 3.21. The minimum atomic E-state index is -1.07. The predicted octanol–water partition coefficient (Wildman–Crippen LogP) is 1.92. The average molecular weight is 304 g/mol. The van der Waals surface area contributed by atoms with Crippen LogP contribution >= 0.6 is 0 Å². The lowest BCUT2D eigenvalue weighted by Crippen LogP contribution is -2.50. The number of hydrogen-bond acceptors (Lipinski definition) is 4. The molecule has 5 nitrogen and oxygen atoms in total. The third-order valence-electron chi connectivity index (χ3n) is 3.21.